The van der Waals surface area contributed by atoms with Crippen molar-refractivity contribution in [3.05, 3.63) is 53.9 Å². The van der Waals surface area contributed by atoms with E-state index in [0.29, 0.717) is 18.7 Å². The molecule has 1 aliphatic rings. The second-order valence-electron chi connectivity index (χ2n) is 5.62. The highest BCUT2D eigenvalue weighted by molar-refractivity contribution is 5.39. The fourth-order valence-corrected chi connectivity index (χ4v) is 2.72. The molecule has 1 unspecified atom stereocenters. The van der Waals surface area contributed by atoms with Gasteiger partial charge < -0.3 is 4.74 Å². The van der Waals surface area contributed by atoms with E-state index in [1.807, 2.05) is 12.1 Å². The molecule has 0 spiro atoms. The molecule has 0 saturated carbocycles. The van der Waals surface area contributed by atoms with Gasteiger partial charge in [0.05, 0.1) is 30.1 Å². The van der Waals surface area contributed by atoms with Crippen LogP contribution in [0.25, 0.3) is 5.69 Å². The number of aromatic nitrogens is 6. The van der Waals surface area contributed by atoms with Crippen molar-refractivity contribution in [3.8, 4) is 11.8 Å². The molecule has 8 nitrogen and oxygen atoms in total. The molecule has 8 heteroatoms. The molecule has 1 fully saturated rings. The Morgan fingerprint density at radius 1 is 1.29 bits per heavy atom. The number of hydrogen-bond donors (Lipinski definition) is 0. The molecule has 0 aliphatic carbocycles. The first-order valence-electron chi connectivity index (χ1n) is 7.72. The molecule has 2 aromatic heterocycles. The zero-order valence-electron chi connectivity index (χ0n) is 12.9. The summed E-state index contributed by atoms with van der Waals surface area (Å²) in [5.74, 6) is 1.78. The van der Waals surface area contributed by atoms with E-state index < -0.39 is 0 Å². The van der Waals surface area contributed by atoms with Crippen LogP contribution in [0.3, 0.4) is 0 Å². The first kappa shape index (κ1) is 14.5. The summed E-state index contributed by atoms with van der Waals surface area (Å²) in [4.78, 5) is 4.70. The molecule has 4 rings (SSSR count). The maximum atomic E-state index is 8.96. The van der Waals surface area contributed by atoms with Gasteiger partial charge in [0.1, 0.15) is 6.54 Å². The van der Waals surface area contributed by atoms with E-state index in [0.717, 1.165) is 30.4 Å². The van der Waals surface area contributed by atoms with Crippen LogP contribution in [0.5, 0.6) is 0 Å². The van der Waals surface area contributed by atoms with Gasteiger partial charge in [0.25, 0.3) is 0 Å². The average molecular weight is 321 g/mol. The average Bonchev–Trinajstić information content (AvgIpc) is 3.37. The molecule has 24 heavy (non-hydrogen) atoms. The van der Waals surface area contributed by atoms with Crippen LogP contribution in [0.15, 0.2) is 36.7 Å². The summed E-state index contributed by atoms with van der Waals surface area (Å²) in [6.07, 6.45) is 4.35. The van der Waals surface area contributed by atoms with E-state index in [1.165, 1.54) is 0 Å². The van der Waals surface area contributed by atoms with Crippen molar-refractivity contribution in [2.75, 3.05) is 13.2 Å². The van der Waals surface area contributed by atoms with Gasteiger partial charge in [-0.2, -0.15) is 10.4 Å². The maximum Gasteiger partial charge on any atom is 0.156 e. The van der Waals surface area contributed by atoms with Crippen LogP contribution in [-0.4, -0.2) is 43.0 Å². The van der Waals surface area contributed by atoms with Crippen molar-refractivity contribution >= 4 is 0 Å². The highest BCUT2D eigenvalue weighted by Crippen LogP contribution is 2.24. The molecule has 1 aliphatic heterocycles. The number of ether oxygens (including phenoxy) is 1. The quantitative estimate of drug-likeness (QED) is 0.718. The monoisotopic (exact) mass is 321 g/mol. The van der Waals surface area contributed by atoms with Crippen LogP contribution in [0.1, 0.15) is 29.6 Å². The number of rotatable bonds is 4. The van der Waals surface area contributed by atoms with E-state index in [2.05, 4.69) is 21.5 Å². The molecule has 1 atom stereocenters. The minimum atomic E-state index is 0.221. The third-order valence-electron chi connectivity index (χ3n) is 4.00. The molecular weight excluding hydrogens is 306 g/mol. The Labute approximate surface area is 138 Å². The van der Waals surface area contributed by atoms with Crippen molar-refractivity contribution in [3.63, 3.8) is 0 Å². The second kappa shape index (κ2) is 6.22. The summed E-state index contributed by atoms with van der Waals surface area (Å²) < 4.78 is 8.96. The Kier molecular flexibility index (Phi) is 3.76. The van der Waals surface area contributed by atoms with Gasteiger partial charge in [0, 0.05) is 18.7 Å². The van der Waals surface area contributed by atoms with Crippen LogP contribution in [-0.2, 0) is 11.3 Å². The number of benzene rings is 1. The van der Waals surface area contributed by atoms with Crippen LogP contribution in [0, 0.1) is 11.3 Å². The molecule has 120 valence electrons. The van der Waals surface area contributed by atoms with Crippen LogP contribution >= 0.6 is 0 Å². The zero-order valence-corrected chi connectivity index (χ0v) is 12.9. The fourth-order valence-electron chi connectivity index (χ4n) is 2.72. The van der Waals surface area contributed by atoms with E-state index in [-0.39, 0.29) is 5.92 Å². The van der Waals surface area contributed by atoms with Crippen LogP contribution in [0.2, 0.25) is 0 Å². The lowest BCUT2D eigenvalue weighted by Gasteiger charge is -2.05. The van der Waals surface area contributed by atoms with Gasteiger partial charge in [0.2, 0.25) is 0 Å². The van der Waals surface area contributed by atoms with Crippen molar-refractivity contribution in [2.45, 2.75) is 18.9 Å². The molecule has 0 radical (unpaired) electrons. The lowest BCUT2D eigenvalue weighted by atomic mass is 10.1. The Morgan fingerprint density at radius 2 is 2.17 bits per heavy atom. The summed E-state index contributed by atoms with van der Waals surface area (Å²) in [5, 5.41) is 21.5. The highest BCUT2D eigenvalue weighted by Gasteiger charge is 2.24. The second-order valence-corrected chi connectivity index (χ2v) is 5.62. The van der Waals surface area contributed by atoms with Gasteiger partial charge in [-0.15, -0.1) is 5.10 Å². The summed E-state index contributed by atoms with van der Waals surface area (Å²) in [7, 11) is 0. The number of hydrogen-bond acceptors (Lipinski definition) is 6. The Bertz CT molecular complexity index is 855. The molecule has 3 aromatic rings. The summed E-state index contributed by atoms with van der Waals surface area (Å²) in [6.45, 7) is 1.87. The minimum Gasteiger partial charge on any atom is -0.381 e. The fraction of sp³-hybridized carbons (Fsp3) is 0.312. The normalized spacial score (nSPS) is 17.0. The molecule has 0 N–H and O–H groups in total. The summed E-state index contributed by atoms with van der Waals surface area (Å²) in [5.41, 5.74) is 1.47. The van der Waals surface area contributed by atoms with Crippen LogP contribution in [0.4, 0.5) is 0 Å². The third kappa shape index (κ3) is 2.77. The third-order valence-corrected chi connectivity index (χ3v) is 4.00. The summed E-state index contributed by atoms with van der Waals surface area (Å²) in [6, 6.07) is 9.40. The molecule has 1 aromatic carbocycles. The van der Waals surface area contributed by atoms with Crippen molar-refractivity contribution in [1.29, 1.82) is 5.26 Å². The topological polar surface area (TPSA) is 94.4 Å². The molecule has 0 amide bonds. The van der Waals surface area contributed by atoms with Gasteiger partial charge in [-0.25, -0.2) is 14.3 Å². The van der Waals surface area contributed by atoms with Crippen molar-refractivity contribution < 1.29 is 4.74 Å². The Hall–Kier alpha value is -3.05. The van der Waals surface area contributed by atoms with E-state index in [9.17, 15) is 0 Å². The van der Waals surface area contributed by atoms with E-state index >= 15 is 0 Å². The van der Waals surface area contributed by atoms with E-state index in [1.54, 1.807) is 33.9 Å². The van der Waals surface area contributed by atoms with E-state index in [4.69, 9.17) is 15.0 Å². The zero-order chi connectivity index (χ0) is 16.4. The Balaban J connectivity index is 1.73. The SMILES string of the molecule is N#Cc1ccc(-n2nc(C3CCOC3)nc2Cn2ccnn2)cc1. The first-order valence-corrected chi connectivity index (χ1v) is 7.72. The van der Waals surface area contributed by atoms with Crippen molar-refractivity contribution in [1.82, 2.24) is 29.8 Å². The number of nitriles is 1. The Morgan fingerprint density at radius 3 is 2.83 bits per heavy atom. The maximum absolute atomic E-state index is 8.96. The molecule has 3 heterocycles. The smallest absolute Gasteiger partial charge is 0.156 e. The van der Waals surface area contributed by atoms with Gasteiger partial charge >= 0.3 is 0 Å². The van der Waals surface area contributed by atoms with Gasteiger partial charge in [-0.3, -0.25) is 0 Å². The highest BCUT2D eigenvalue weighted by atomic mass is 16.5. The molecular formula is C16H15N7O. The minimum absolute atomic E-state index is 0.221. The summed E-state index contributed by atoms with van der Waals surface area (Å²) >= 11 is 0. The molecule has 1 saturated heterocycles. The lowest BCUT2D eigenvalue weighted by Crippen LogP contribution is -2.09. The first-order chi connectivity index (χ1) is 11.8. The van der Waals surface area contributed by atoms with Gasteiger partial charge in [-0.05, 0) is 30.7 Å². The largest absolute Gasteiger partial charge is 0.381 e. The van der Waals surface area contributed by atoms with Crippen molar-refractivity contribution in [2.24, 2.45) is 0 Å². The standard InChI is InChI=1S/C16H15N7O/c17-9-12-1-3-14(4-2-12)23-15(10-22-7-6-18-21-22)19-16(20-23)13-5-8-24-11-13/h1-4,6-7,13H,5,8,10-11H2. The van der Waals surface area contributed by atoms with Gasteiger partial charge in [0.15, 0.2) is 11.6 Å². The lowest BCUT2D eigenvalue weighted by molar-refractivity contribution is 0.193. The molecule has 0 bridgehead atoms. The predicted molar refractivity (Wildman–Crippen MR) is 83.4 cm³/mol. The van der Waals surface area contributed by atoms with Gasteiger partial charge in [-0.1, -0.05) is 5.21 Å². The number of nitrogens with zero attached hydrogens (tertiary/aromatic N) is 7. The van der Waals surface area contributed by atoms with Crippen LogP contribution < -0.4 is 0 Å². The predicted octanol–water partition coefficient (Wildman–Crippen LogP) is 1.28.